The van der Waals surface area contributed by atoms with Crippen molar-refractivity contribution in [3.05, 3.63) is 29.8 Å². The topological polar surface area (TPSA) is 78.3 Å². The number of benzene rings is 1. The van der Waals surface area contributed by atoms with Crippen LogP contribution in [0.5, 0.6) is 5.75 Å². The Balaban J connectivity index is 2.71. The van der Waals surface area contributed by atoms with E-state index in [2.05, 4.69) is 4.74 Å². The third-order valence-corrected chi connectivity index (χ3v) is 1.96. The molecule has 1 aromatic rings. The number of hydrogen-bond donors (Lipinski definition) is 2. The first-order valence-corrected chi connectivity index (χ1v) is 4.67. The van der Waals surface area contributed by atoms with Crippen molar-refractivity contribution >= 4 is 5.91 Å². The number of rotatable bonds is 4. The van der Waals surface area contributed by atoms with Crippen LogP contribution in [0, 0.1) is 0 Å². The number of ether oxygens (including phenoxy) is 1. The fourth-order valence-electron chi connectivity index (χ4n) is 1.25. The number of carbonyl (C=O) groups is 1. The van der Waals surface area contributed by atoms with E-state index < -0.39 is 18.3 Å². The normalized spacial score (nSPS) is 13.2. The molecule has 1 aromatic carbocycles. The number of nitrogens with two attached hydrogens (primary N) is 2. The van der Waals surface area contributed by atoms with E-state index in [1.807, 2.05) is 0 Å². The van der Waals surface area contributed by atoms with E-state index in [1.165, 1.54) is 12.1 Å². The van der Waals surface area contributed by atoms with E-state index in [-0.39, 0.29) is 12.2 Å². The van der Waals surface area contributed by atoms with Crippen LogP contribution < -0.4 is 16.2 Å². The lowest BCUT2D eigenvalue weighted by molar-refractivity contribution is -0.274. The lowest BCUT2D eigenvalue weighted by atomic mass is 10.0. The molecule has 0 fully saturated rings. The maximum absolute atomic E-state index is 11.9. The summed E-state index contributed by atoms with van der Waals surface area (Å²) in [5.41, 5.74) is 11.1. The Morgan fingerprint density at radius 2 is 1.82 bits per heavy atom. The Kier molecular flexibility index (Phi) is 3.95. The number of alkyl halides is 3. The Morgan fingerprint density at radius 3 is 2.24 bits per heavy atom. The van der Waals surface area contributed by atoms with Gasteiger partial charge in [-0.1, -0.05) is 12.1 Å². The van der Waals surface area contributed by atoms with E-state index in [4.69, 9.17) is 11.5 Å². The molecule has 0 saturated carbocycles. The summed E-state index contributed by atoms with van der Waals surface area (Å²) in [4.78, 5) is 10.6. The smallest absolute Gasteiger partial charge is 0.406 e. The van der Waals surface area contributed by atoms with Gasteiger partial charge in [0.2, 0.25) is 5.91 Å². The first-order valence-electron chi connectivity index (χ1n) is 4.67. The van der Waals surface area contributed by atoms with Crippen LogP contribution in [0.2, 0.25) is 0 Å². The molecule has 0 heterocycles. The maximum Gasteiger partial charge on any atom is 0.573 e. The first kappa shape index (κ1) is 13.3. The molecule has 94 valence electrons. The largest absolute Gasteiger partial charge is 0.573 e. The van der Waals surface area contributed by atoms with Crippen molar-refractivity contribution in [3.8, 4) is 5.75 Å². The lowest BCUT2D eigenvalue weighted by Gasteiger charge is -2.12. The van der Waals surface area contributed by atoms with Gasteiger partial charge in [0.05, 0.1) is 0 Å². The number of halogens is 3. The second kappa shape index (κ2) is 5.05. The summed E-state index contributed by atoms with van der Waals surface area (Å²) >= 11 is 0. The first-order chi connectivity index (χ1) is 7.78. The molecule has 0 saturated heterocycles. The van der Waals surface area contributed by atoms with Gasteiger partial charge >= 0.3 is 6.36 Å². The number of hydrogen-bond acceptors (Lipinski definition) is 3. The predicted molar refractivity (Wildman–Crippen MR) is 53.9 cm³/mol. The molecule has 0 aromatic heterocycles. The van der Waals surface area contributed by atoms with Crippen molar-refractivity contribution in [2.75, 3.05) is 0 Å². The summed E-state index contributed by atoms with van der Waals surface area (Å²) in [6, 6.07) is 4.34. The van der Waals surface area contributed by atoms with Gasteiger partial charge in [-0.25, -0.2) is 0 Å². The second-order valence-corrected chi connectivity index (χ2v) is 3.39. The molecular weight excluding hydrogens is 237 g/mol. The van der Waals surface area contributed by atoms with E-state index in [1.54, 1.807) is 0 Å². The summed E-state index contributed by atoms with van der Waals surface area (Å²) in [6.07, 6.45) is -4.80. The van der Waals surface area contributed by atoms with Gasteiger partial charge in [-0.3, -0.25) is 4.79 Å². The maximum atomic E-state index is 11.9. The molecule has 0 radical (unpaired) electrons. The van der Waals surface area contributed by atoms with Crippen molar-refractivity contribution in [1.29, 1.82) is 0 Å². The lowest BCUT2D eigenvalue weighted by Crippen LogP contribution is -2.20. The van der Waals surface area contributed by atoms with Crippen molar-refractivity contribution < 1.29 is 22.7 Å². The Labute approximate surface area is 95.3 Å². The summed E-state index contributed by atoms with van der Waals surface area (Å²) in [5, 5.41) is 0. The molecule has 1 amide bonds. The third-order valence-electron chi connectivity index (χ3n) is 1.96. The fraction of sp³-hybridized carbons (Fsp3) is 0.300. The fourth-order valence-corrected chi connectivity index (χ4v) is 1.25. The van der Waals surface area contributed by atoms with Crippen molar-refractivity contribution in [3.63, 3.8) is 0 Å². The minimum Gasteiger partial charge on any atom is -0.406 e. The number of primary amides is 1. The molecule has 0 bridgehead atoms. The minimum atomic E-state index is -4.73. The second-order valence-electron chi connectivity index (χ2n) is 3.39. The van der Waals surface area contributed by atoms with Crippen LogP contribution in [0.25, 0.3) is 0 Å². The molecule has 1 atom stereocenters. The van der Waals surface area contributed by atoms with Crippen molar-refractivity contribution in [1.82, 2.24) is 0 Å². The molecule has 0 unspecified atom stereocenters. The predicted octanol–water partition coefficient (Wildman–Crippen LogP) is 1.46. The van der Waals surface area contributed by atoms with E-state index in [0.717, 1.165) is 12.1 Å². The summed E-state index contributed by atoms with van der Waals surface area (Å²) in [5.74, 6) is -0.916. The SMILES string of the molecule is NC(=O)C[C@H](N)c1ccc(OC(F)(F)F)cc1. The standard InChI is InChI=1S/C10H11F3N2O2/c11-10(12,13)17-7-3-1-6(2-4-7)8(14)5-9(15)16/h1-4,8H,5,14H2,(H2,15,16)/t8-/m0/s1. The quantitative estimate of drug-likeness (QED) is 0.846. The molecule has 0 aliphatic heterocycles. The van der Waals surface area contributed by atoms with Gasteiger partial charge < -0.3 is 16.2 Å². The minimum absolute atomic E-state index is 0.0700. The Bertz CT molecular complexity index is 390. The van der Waals surface area contributed by atoms with Crippen LogP contribution in [-0.4, -0.2) is 12.3 Å². The zero-order chi connectivity index (χ0) is 13.1. The summed E-state index contributed by atoms with van der Waals surface area (Å²) in [7, 11) is 0. The molecule has 4 nitrogen and oxygen atoms in total. The highest BCUT2D eigenvalue weighted by atomic mass is 19.4. The molecule has 0 aliphatic carbocycles. The van der Waals surface area contributed by atoms with Gasteiger partial charge in [-0.05, 0) is 17.7 Å². The summed E-state index contributed by atoms with van der Waals surface area (Å²) < 4.78 is 39.3. The zero-order valence-corrected chi connectivity index (χ0v) is 8.70. The highest BCUT2D eigenvalue weighted by Gasteiger charge is 2.31. The van der Waals surface area contributed by atoms with E-state index in [0.29, 0.717) is 5.56 Å². The molecule has 1 rings (SSSR count). The van der Waals surface area contributed by atoms with Crippen LogP contribution >= 0.6 is 0 Å². The van der Waals surface area contributed by atoms with Gasteiger partial charge in [-0.15, -0.1) is 13.2 Å². The molecular formula is C10H11F3N2O2. The average molecular weight is 248 g/mol. The molecule has 17 heavy (non-hydrogen) atoms. The number of carbonyl (C=O) groups excluding carboxylic acids is 1. The third kappa shape index (κ3) is 4.73. The molecule has 0 spiro atoms. The van der Waals surface area contributed by atoms with Gasteiger partial charge in [0.25, 0.3) is 0 Å². The molecule has 7 heteroatoms. The van der Waals surface area contributed by atoms with Crippen molar-refractivity contribution in [2.45, 2.75) is 18.8 Å². The highest BCUT2D eigenvalue weighted by molar-refractivity contribution is 5.74. The Hall–Kier alpha value is -1.76. The highest BCUT2D eigenvalue weighted by Crippen LogP contribution is 2.24. The van der Waals surface area contributed by atoms with Gasteiger partial charge in [0.15, 0.2) is 0 Å². The van der Waals surface area contributed by atoms with Gasteiger partial charge in [0, 0.05) is 12.5 Å². The van der Waals surface area contributed by atoms with Crippen LogP contribution in [0.3, 0.4) is 0 Å². The van der Waals surface area contributed by atoms with Crippen LogP contribution in [0.15, 0.2) is 24.3 Å². The average Bonchev–Trinajstić information content (AvgIpc) is 2.15. The van der Waals surface area contributed by atoms with Gasteiger partial charge in [0.1, 0.15) is 5.75 Å². The van der Waals surface area contributed by atoms with Crippen molar-refractivity contribution in [2.24, 2.45) is 11.5 Å². The van der Waals surface area contributed by atoms with E-state index in [9.17, 15) is 18.0 Å². The zero-order valence-electron chi connectivity index (χ0n) is 8.70. The van der Waals surface area contributed by atoms with E-state index >= 15 is 0 Å². The monoisotopic (exact) mass is 248 g/mol. The van der Waals surface area contributed by atoms with Crippen LogP contribution in [0.4, 0.5) is 13.2 Å². The molecule has 0 aliphatic rings. The molecule has 4 N–H and O–H groups in total. The Morgan fingerprint density at radius 1 is 1.29 bits per heavy atom. The van der Waals surface area contributed by atoms with Crippen LogP contribution in [0.1, 0.15) is 18.0 Å². The number of amides is 1. The summed E-state index contributed by atoms with van der Waals surface area (Å²) in [6.45, 7) is 0. The van der Waals surface area contributed by atoms with Gasteiger partial charge in [-0.2, -0.15) is 0 Å². The van der Waals surface area contributed by atoms with Crippen LogP contribution in [-0.2, 0) is 4.79 Å².